The Morgan fingerprint density at radius 1 is 1.32 bits per heavy atom. The number of amides is 1. The van der Waals surface area contributed by atoms with Gasteiger partial charge in [-0.25, -0.2) is 8.78 Å². The van der Waals surface area contributed by atoms with Crippen molar-refractivity contribution in [3.05, 3.63) is 34.9 Å². The van der Waals surface area contributed by atoms with Crippen molar-refractivity contribution in [2.45, 2.75) is 18.8 Å². The van der Waals surface area contributed by atoms with E-state index in [1.54, 1.807) is 24.3 Å². The summed E-state index contributed by atoms with van der Waals surface area (Å²) in [5.41, 5.74) is 5.79. The summed E-state index contributed by atoms with van der Waals surface area (Å²) in [4.78, 5) is 11.3. The van der Waals surface area contributed by atoms with Gasteiger partial charge in [-0.2, -0.15) is 0 Å². The van der Waals surface area contributed by atoms with Gasteiger partial charge in [0, 0.05) is 11.4 Å². The first-order valence-electron chi connectivity index (χ1n) is 5.52. The molecule has 108 valence electrons. The van der Waals surface area contributed by atoms with E-state index in [0.29, 0.717) is 11.4 Å². The summed E-state index contributed by atoms with van der Waals surface area (Å²) in [7, 11) is 0. The molecule has 1 amide bonds. The molecule has 0 spiro atoms. The SMILES string of the molecule is Cl.NCC(F)(F)CNC(=O)CCc1ccc(Cl)cc1. The number of benzene rings is 1. The topological polar surface area (TPSA) is 55.1 Å². The Kier molecular flexibility index (Phi) is 7.90. The number of aryl methyl sites for hydroxylation is 1. The van der Waals surface area contributed by atoms with Gasteiger partial charge < -0.3 is 11.1 Å². The van der Waals surface area contributed by atoms with Crippen molar-refractivity contribution in [3.63, 3.8) is 0 Å². The zero-order valence-corrected chi connectivity index (χ0v) is 11.7. The smallest absolute Gasteiger partial charge is 0.277 e. The zero-order chi connectivity index (χ0) is 13.6. The molecular weight excluding hydrogens is 297 g/mol. The quantitative estimate of drug-likeness (QED) is 0.847. The normalized spacial score (nSPS) is 10.7. The van der Waals surface area contributed by atoms with Crippen LogP contribution in [-0.4, -0.2) is 24.9 Å². The minimum Gasteiger partial charge on any atom is -0.350 e. The van der Waals surface area contributed by atoms with Crippen LogP contribution in [0.2, 0.25) is 5.02 Å². The van der Waals surface area contributed by atoms with Gasteiger partial charge in [-0.05, 0) is 24.1 Å². The maximum absolute atomic E-state index is 12.8. The molecule has 0 saturated carbocycles. The molecule has 0 heterocycles. The van der Waals surface area contributed by atoms with Crippen LogP contribution in [0.3, 0.4) is 0 Å². The molecule has 19 heavy (non-hydrogen) atoms. The van der Waals surface area contributed by atoms with Gasteiger partial charge in [0.1, 0.15) is 0 Å². The summed E-state index contributed by atoms with van der Waals surface area (Å²) in [6, 6.07) is 7.03. The lowest BCUT2D eigenvalue weighted by molar-refractivity contribution is -0.122. The Bertz CT molecular complexity index is 399. The van der Waals surface area contributed by atoms with Gasteiger partial charge in [-0.3, -0.25) is 4.79 Å². The van der Waals surface area contributed by atoms with Crippen molar-refractivity contribution in [2.75, 3.05) is 13.1 Å². The fourth-order valence-corrected chi connectivity index (χ4v) is 1.42. The third-order valence-corrected chi connectivity index (χ3v) is 2.65. The van der Waals surface area contributed by atoms with Crippen LogP contribution in [0.25, 0.3) is 0 Å². The van der Waals surface area contributed by atoms with Crippen LogP contribution in [0.4, 0.5) is 8.78 Å². The summed E-state index contributed by atoms with van der Waals surface area (Å²) in [5.74, 6) is -3.46. The number of hydrogen-bond acceptors (Lipinski definition) is 2. The first-order chi connectivity index (χ1) is 8.43. The molecule has 1 rings (SSSR count). The molecule has 0 aromatic heterocycles. The van der Waals surface area contributed by atoms with E-state index in [2.05, 4.69) is 5.32 Å². The van der Waals surface area contributed by atoms with Crippen LogP contribution in [0, 0.1) is 0 Å². The van der Waals surface area contributed by atoms with Crippen molar-refractivity contribution in [3.8, 4) is 0 Å². The summed E-state index contributed by atoms with van der Waals surface area (Å²) in [6.07, 6.45) is 0.638. The van der Waals surface area contributed by atoms with Gasteiger partial charge in [0.15, 0.2) is 0 Å². The molecule has 0 aliphatic carbocycles. The van der Waals surface area contributed by atoms with Crippen molar-refractivity contribution in [1.82, 2.24) is 5.32 Å². The van der Waals surface area contributed by atoms with Crippen molar-refractivity contribution < 1.29 is 13.6 Å². The average Bonchev–Trinajstić information content (AvgIpc) is 2.36. The maximum Gasteiger partial charge on any atom is 0.277 e. The molecule has 3 N–H and O–H groups in total. The molecule has 7 heteroatoms. The second kappa shape index (κ2) is 8.30. The molecule has 0 fully saturated rings. The van der Waals surface area contributed by atoms with E-state index < -0.39 is 24.9 Å². The Hall–Kier alpha value is -0.910. The van der Waals surface area contributed by atoms with Crippen LogP contribution in [0.15, 0.2) is 24.3 Å². The standard InChI is InChI=1S/C12H15ClF2N2O.ClH/c13-10-4-1-9(2-5-10)3-6-11(18)17-8-12(14,15)7-16;/h1-2,4-5H,3,6-8,16H2,(H,17,18);1H. The lowest BCUT2D eigenvalue weighted by Gasteiger charge is -2.14. The fourth-order valence-electron chi connectivity index (χ4n) is 1.30. The highest BCUT2D eigenvalue weighted by Crippen LogP contribution is 2.11. The predicted molar refractivity (Wildman–Crippen MR) is 74.0 cm³/mol. The summed E-state index contributed by atoms with van der Waals surface area (Å²) < 4.78 is 25.5. The molecule has 0 aliphatic rings. The third kappa shape index (κ3) is 7.30. The summed E-state index contributed by atoms with van der Waals surface area (Å²) in [6.45, 7) is -1.49. The number of halogens is 4. The van der Waals surface area contributed by atoms with Gasteiger partial charge in [0.2, 0.25) is 5.91 Å². The first kappa shape index (κ1) is 18.1. The predicted octanol–water partition coefficient (Wildman–Crippen LogP) is 2.40. The van der Waals surface area contributed by atoms with Gasteiger partial charge in [0.25, 0.3) is 5.92 Å². The van der Waals surface area contributed by atoms with Gasteiger partial charge in [-0.1, -0.05) is 23.7 Å². The number of rotatable bonds is 6. The Morgan fingerprint density at radius 3 is 2.42 bits per heavy atom. The van der Waals surface area contributed by atoms with E-state index in [9.17, 15) is 13.6 Å². The highest BCUT2D eigenvalue weighted by atomic mass is 35.5. The lowest BCUT2D eigenvalue weighted by atomic mass is 10.1. The molecule has 0 radical (unpaired) electrons. The Morgan fingerprint density at radius 2 is 1.89 bits per heavy atom. The number of nitrogens with one attached hydrogen (secondary N) is 1. The van der Waals surface area contributed by atoms with Crippen LogP contribution in [-0.2, 0) is 11.2 Å². The van der Waals surface area contributed by atoms with Crippen LogP contribution >= 0.6 is 24.0 Å². The summed E-state index contributed by atoms with van der Waals surface area (Å²) in [5, 5.41) is 2.78. The lowest BCUT2D eigenvalue weighted by Crippen LogP contribution is -2.41. The third-order valence-electron chi connectivity index (χ3n) is 2.40. The van der Waals surface area contributed by atoms with Crippen molar-refractivity contribution >= 4 is 29.9 Å². The largest absolute Gasteiger partial charge is 0.350 e. The molecule has 0 bridgehead atoms. The Balaban J connectivity index is 0.00000324. The molecular formula is C12H16Cl2F2N2O. The second-order valence-corrected chi connectivity index (χ2v) is 4.40. The number of carbonyl (C=O) groups excluding carboxylic acids is 1. The molecule has 1 aromatic carbocycles. The van der Waals surface area contributed by atoms with Gasteiger partial charge in [0.05, 0.1) is 13.1 Å². The molecule has 0 unspecified atom stereocenters. The van der Waals surface area contributed by atoms with E-state index >= 15 is 0 Å². The molecule has 0 saturated heterocycles. The van der Waals surface area contributed by atoms with E-state index in [1.807, 2.05) is 0 Å². The van der Waals surface area contributed by atoms with Gasteiger partial charge in [-0.15, -0.1) is 12.4 Å². The molecule has 0 aliphatic heterocycles. The minimum absolute atomic E-state index is 0. The number of hydrogen-bond donors (Lipinski definition) is 2. The fraction of sp³-hybridized carbons (Fsp3) is 0.417. The minimum atomic E-state index is -3.05. The monoisotopic (exact) mass is 312 g/mol. The molecule has 0 atom stereocenters. The highest BCUT2D eigenvalue weighted by Gasteiger charge is 2.26. The molecule has 3 nitrogen and oxygen atoms in total. The first-order valence-corrected chi connectivity index (χ1v) is 5.90. The van der Waals surface area contributed by atoms with Crippen LogP contribution in [0.5, 0.6) is 0 Å². The van der Waals surface area contributed by atoms with Crippen molar-refractivity contribution in [2.24, 2.45) is 5.73 Å². The number of alkyl halides is 2. The maximum atomic E-state index is 12.8. The average molecular weight is 313 g/mol. The second-order valence-electron chi connectivity index (χ2n) is 3.96. The van der Waals surface area contributed by atoms with Crippen LogP contribution in [0.1, 0.15) is 12.0 Å². The van der Waals surface area contributed by atoms with E-state index in [0.717, 1.165) is 5.56 Å². The van der Waals surface area contributed by atoms with E-state index in [4.69, 9.17) is 17.3 Å². The van der Waals surface area contributed by atoms with E-state index in [1.165, 1.54) is 0 Å². The number of nitrogens with two attached hydrogens (primary N) is 1. The van der Waals surface area contributed by atoms with Crippen molar-refractivity contribution in [1.29, 1.82) is 0 Å². The zero-order valence-electron chi connectivity index (χ0n) is 10.2. The highest BCUT2D eigenvalue weighted by molar-refractivity contribution is 6.30. The molecule has 1 aromatic rings. The van der Waals surface area contributed by atoms with E-state index in [-0.39, 0.29) is 18.8 Å². The summed E-state index contributed by atoms with van der Waals surface area (Å²) >= 11 is 5.72. The van der Waals surface area contributed by atoms with Crippen LogP contribution < -0.4 is 11.1 Å². The van der Waals surface area contributed by atoms with Gasteiger partial charge >= 0.3 is 0 Å². The number of carbonyl (C=O) groups is 1. The Labute approximate surface area is 121 Å².